The van der Waals surface area contributed by atoms with Gasteiger partial charge in [-0.2, -0.15) is 0 Å². The number of fused-ring (bicyclic) bond motifs is 1. The second-order valence-corrected chi connectivity index (χ2v) is 4.27. The van der Waals surface area contributed by atoms with Crippen LogP contribution < -0.4 is 10.1 Å². The topological polar surface area (TPSA) is 41.5 Å². The van der Waals surface area contributed by atoms with E-state index in [-0.39, 0.29) is 11.9 Å². The second kappa shape index (κ2) is 5.21. The van der Waals surface area contributed by atoms with Gasteiger partial charge in [-0.25, -0.2) is 0 Å². The molecular weight excluding hydrogens is 202 g/mol. The lowest BCUT2D eigenvalue weighted by molar-refractivity contribution is 0.170. The Morgan fingerprint density at radius 2 is 2.38 bits per heavy atom. The summed E-state index contributed by atoms with van der Waals surface area (Å²) in [4.78, 5) is 0. The quantitative estimate of drug-likeness (QED) is 0.765. The molecule has 1 aliphatic heterocycles. The molecule has 0 saturated carbocycles. The standard InChI is InChI=1S/C13H19NO2/c1-2-7-14-9-12-6-4-10-3-5-11(15)8-13(10)16-12/h3,5,8,12,14-15H,2,4,6-7,9H2,1H3/t12-/m0/s1. The summed E-state index contributed by atoms with van der Waals surface area (Å²) in [6.45, 7) is 4.08. The van der Waals surface area contributed by atoms with E-state index in [2.05, 4.69) is 12.2 Å². The summed E-state index contributed by atoms with van der Waals surface area (Å²) in [5.41, 5.74) is 1.20. The molecule has 0 bridgehead atoms. The third-order valence-electron chi connectivity index (χ3n) is 2.88. The lowest BCUT2D eigenvalue weighted by Crippen LogP contribution is -2.34. The first-order chi connectivity index (χ1) is 7.79. The van der Waals surface area contributed by atoms with Crippen LogP contribution in [-0.2, 0) is 6.42 Å². The molecule has 1 aromatic carbocycles. The number of hydrogen-bond donors (Lipinski definition) is 2. The normalized spacial score (nSPS) is 18.9. The monoisotopic (exact) mass is 221 g/mol. The van der Waals surface area contributed by atoms with Crippen LogP contribution in [0.15, 0.2) is 18.2 Å². The predicted octanol–water partition coefficient (Wildman–Crippen LogP) is 2.09. The first-order valence-electron chi connectivity index (χ1n) is 5.99. The Balaban J connectivity index is 1.94. The van der Waals surface area contributed by atoms with Gasteiger partial charge in [0.1, 0.15) is 17.6 Å². The van der Waals surface area contributed by atoms with Crippen LogP contribution in [0.1, 0.15) is 25.3 Å². The molecule has 88 valence electrons. The van der Waals surface area contributed by atoms with Crippen LogP contribution in [-0.4, -0.2) is 24.3 Å². The van der Waals surface area contributed by atoms with Crippen LogP contribution in [0, 0.1) is 0 Å². The van der Waals surface area contributed by atoms with Gasteiger partial charge < -0.3 is 15.2 Å². The van der Waals surface area contributed by atoms with Crippen molar-refractivity contribution in [2.24, 2.45) is 0 Å². The fourth-order valence-corrected chi connectivity index (χ4v) is 2.00. The molecule has 0 aromatic heterocycles. The van der Waals surface area contributed by atoms with Crippen LogP contribution in [0.3, 0.4) is 0 Å². The Labute approximate surface area is 96.4 Å². The Morgan fingerprint density at radius 1 is 1.50 bits per heavy atom. The lowest BCUT2D eigenvalue weighted by Gasteiger charge is -2.26. The van der Waals surface area contributed by atoms with Crippen LogP contribution in [0.25, 0.3) is 0 Å². The van der Waals surface area contributed by atoms with E-state index in [1.165, 1.54) is 5.56 Å². The maximum Gasteiger partial charge on any atom is 0.126 e. The number of ether oxygens (including phenoxy) is 1. The third kappa shape index (κ3) is 2.67. The molecule has 0 unspecified atom stereocenters. The van der Waals surface area contributed by atoms with E-state index in [9.17, 15) is 5.11 Å². The zero-order valence-corrected chi connectivity index (χ0v) is 9.70. The number of hydrogen-bond acceptors (Lipinski definition) is 3. The molecule has 0 fully saturated rings. The molecule has 0 spiro atoms. The minimum atomic E-state index is 0.237. The van der Waals surface area contributed by atoms with Gasteiger partial charge in [0.15, 0.2) is 0 Å². The molecule has 0 aliphatic carbocycles. The van der Waals surface area contributed by atoms with Crippen molar-refractivity contribution in [1.29, 1.82) is 0 Å². The first-order valence-corrected chi connectivity index (χ1v) is 5.99. The van der Waals surface area contributed by atoms with Crippen LogP contribution in [0.4, 0.5) is 0 Å². The molecule has 2 N–H and O–H groups in total. The van der Waals surface area contributed by atoms with Gasteiger partial charge in [0, 0.05) is 12.6 Å². The fraction of sp³-hybridized carbons (Fsp3) is 0.538. The van der Waals surface area contributed by atoms with E-state index in [1.54, 1.807) is 12.1 Å². The molecule has 1 heterocycles. The fourth-order valence-electron chi connectivity index (χ4n) is 2.00. The molecule has 3 nitrogen and oxygen atoms in total. The van der Waals surface area contributed by atoms with Crippen molar-refractivity contribution in [3.63, 3.8) is 0 Å². The van der Waals surface area contributed by atoms with Crippen molar-refractivity contribution in [1.82, 2.24) is 5.32 Å². The summed E-state index contributed by atoms with van der Waals surface area (Å²) in [6, 6.07) is 5.37. The number of phenolic OH excluding ortho intramolecular Hbond substituents is 1. The van der Waals surface area contributed by atoms with Gasteiger partial charge in [-0.1, -0.05) is 13.0 Å². The highest BCUT2D eigenvalue weighted by molar-refractivity contribution is 5.41. The van der Waals surface area contributed by atoms with Crippen LogP contribution in [0.2, 0.25) is 0 Å². The maximum atomic E-state index is 9.39. The van der Waals surface area contributed by atoms with E-state index in [0.29, 0.717) is 0 Å². The summed E-state index contributed by atoms with van der Waals surface area (Å²) < 4.78 is 5.84. The molecule has 1 aliphatic rings. The van der Waals surface area contributed by atoms with Crippen molar-refractivity contribution in [2.45, 2.75) is 32.3 Å². The molecule has 0 saturated heterocycles. The summed E-state index contributed by atoms with van der Waals surface area (Å²) >= 11 is 0. The largest absolute Gasteiger partial charge is 0.508 e. The Bertz CT molecular complexity index is 352. The first kappa shape index (κ1) is 11.3. The van der Waals surface area contributed by atoms with E-state index in [4.69, 9.17) is 4.74 Å². The summed E-state index contributed by atoms with van der Waals surface area (Å²) in [6.07, 6.45) is 3.47. The zero-order valence-electron chi connectivity index (χ0n) is 9.70. The number of aryl methyl sites for hydroxylation is 1. The van der Waals surface area contributed by atoms with Gasteiger partial charge in [0.25, 0.3) is 0 Å². The molecule has 0 amide bonds. The highest BCUT2D eigenvalue weighted by Crippen LogP contribution is 2.30. The number of benzene rings is 1. The molecule has 1 aromatic rings. The van der Waals surface area contributed by atoms with Crippen LogP contribution in [0.5, 0.6) is 11.5 Å². The van der Waals surface area contributed by atoms with Crippen molar-refractivity contribution >= 4 is 0 Å². The average molecular weight is 221 g/mol. The van der Waals surface area contributed by atoms with E-state index in [1.807, 2.05) is 6.07 Å². The number of nitrogens with one attached hydrogen (secondary N) is 1. The third-order valence-corrected chi connectivity index (χ3v) is 2.88. The number of phenols is 1. The van der Waals surface area contributed by atoms with Gasteiger partial charge in [0.2, 0.25) is 0 Å². The molecule has 0 radical (unpaired) electrons. The minimum Gasteiger partial charge on any atom is -0.508 e. The molecule has 1 atom stereocenters. The van der Waals surface area contributed by atoms with Gasteiger partial charge in [0.05, 0.1) is 0 Å². The van der Waals surface area contributed by atoms with Crippen LogP contribution >= 0.6 is 0 Å². The molecular formula is C13H19NO2. The van der Waals surface area contributed by atoms with Gasteiger partial charge in [-0.15, -0.1) is 0 Å². The SMILES string of the molecule is CCCNC[C@@H]1CCc2ccc(O)cc2O1. The Hall–Kier alpha value is -1.22. The minimum absolute atomic E-state index is 0.237. The summed E-state index contributed by atoms with van der Waals surface area (Å²) in [5, 5.41) is 12.8. The predicted molar refractivity (Wildman–Crippen MR) is 64.0 cm³/mol. The van der Waals surface area contributed by atoms with Gasteiger partial charge in [-0.3, -0.25) is 0 Å². The highest BCUT2D eigenvalue weighted by Gasteiger charge is 2.19. The summed E-state index contributed by atoms with van der Waals surface area (Å²) in [5.74, 6) is 1.12. The zero-order chi connectivity index (χ0) is 11.4. The van der Waals surface area contributed by atoms with Crippen molar-refractivity contribution < 1.29 is 9.84 Å². The van der Waals surface area contributed by atoms with Gasteiger partial charge >= 0.3 is 0 Å². The maximum absolute atomic E-state index is 9.39. The van der Waals surface area contributed by atoms with E-state index in [0.717, 1.165) is 38.1 Å². The highest BCUT2D eigenvalue weighted by atomic mass is 16.5. The Morgan fingerprint density at radius 3 is 3.19 bits per heavy atom. The van der Waals surface area contributed by atoms with Gasteiger partial charge in [-0.05, 0) is 37.4 Å². The van der Waals surface area contributed by atoms with Crippen molar-refractivity contribution in [2.75, 3.05) is 13.1 Å². The number of rotatable bonds is 4. The van der Waals surface area contributed by atoms with Crippen molar-refractivity contribution in [3.8, 4) is 11.5 Å². The lowest BCUT2D eigenvalue weighted by atomic mass is 10.0. The average Bonchev–Trinajstić information content (AvgIpc) is 2.29. The second-order valence-electron chi connectivity index (χ2n) is 4.27. The molecule has 3 heteroatoms. The molecule has 16 heavy (non-hydrogen) atoms. The molecule has 2 rings (SSSR count). The van der Waals surface area contributed by atoms with Crippen molar-refractivity contribution in [3.05, 3.63) is 23.8 Å². The van der Waals surface area contributed by atoms with E-state index >= 15 is 0 Å². The Kier molecular flexibility index (Phi) is 3.67. The number of aromatic hydroxyl groups is 1. The summed E-state index contributed by atoms with van der Waals surface area (Å²) in [7, 11) is 0. The smallest absolute Gasteiger partial charge is 0.126 e. The van der Waals surface area contributed by atoms with E-state index < -0.39 is 0 Å².